The van der Waals surface area contributed by atoms with E-state index in [2.05, 4.69) is 9.97 Å². The highest BCUT2D eigenvalue weighted by atomic mass is 19.1. The molecule has 2 aromatic heterocycles. The number of ether oxygens (including phenoxy) is 1. The fourth-order valence-electron chi connectivity index (χ4n) is 1.57. The molecule has 2 heterocycles. The number of halogens is 1. The molecular weight excluding hydrogens is 221 g/mol. The molecule has 0 spiro atoms. The van der Waals surface area contributed by atoms with Gasteiger partial charge in [0.1, 0.15) is 11.6 Å². The summed E-state index contributed by atoms with van der Waals surface area (Å²) >= 11 is 0. The van der Waals surface area contributed by atoms with Crippen LogP contribution in [0.25, 0.3) is 11.1 Å². The Balaban J connectivity index is 2.62. The van der Waals surface area contributed by atoms with Crippen LogP contribution in [-0.4, -0.2) is 17.1 Å². The van der Waals surface area contributed by atoms with Gasteiger partial charge in [-0.25, -0.2) is 14.4 Å². The van der Waals surface area contributed by atoms with Crippen LogP contribution in [0.1, 0.15) is 5.56 Å². The third-order valence-corrected chi connectivity index (χ3v) is 2.46. The van der Waals surface area contributed by atoms with Crippen LogP contribution < -0.4 is 10.5 Å². The van der Waals surface area contributed by atoms with E-state index in [0.717, 1.165) is 17.3 Å². The van der Waals surface area contributed by atoms with Crippen LogP contribution in [0.4, 0.5) is 10.2 Å². The van der Waals surface area contributed by atoms with Crippen LogP contribution in [0.3, 0.4) is 0 Å². The van der Waals surface area contributed by atoms with Crippen LogP contribution in [0.5, 0.6) is 5.88 Å². The van der Waals surface area contributed by atoms with Crippen molar-refractivity contribution in [1.29, 1.82) is 0 Å². The summed E-state index contributed by atoms with van der Waals surface area (Å²) in [4.78, 5) is 7.85. The average molecular weight is 233 g/mol. The molecule has 4 nitrogen and oxygen atoms in total. The molecule has 0 aromatic carbocycles. The molecule has 0 fully saturated rings. The largest absolute Gasteiger partial charge is 0.481 e. The van der Waals surface area contributed by atoms with Crippen molar-refractivity contribution in [2.75, 3.05) is 12.8 Å². The lowest BCUT2D eigenvalue weighted by molar-refractivity contribution is 0.398. The van der Waals surface area contributed by atoms with E-state index in [1.807, 2.05) is 6.92 Å². The summed E-state index contributed by atoms with van der Waals surface area (Å²) in [5.74, 6) is 0.307. The number of anilines is 1. The van der Waals surface area contributed by atoms with Crippen molar-refractivity contribution in [2.45, 2.75) is 6.92 Å². The number of aryl methyl sites for hydroxylation is 1. The molecular formula is C12H12FN3O. The van der Waals surface area contributed by atoms with Crippen molar-refractivity contribution < 1.29 is 9.13 Å². The second kappa shape index (κ2) is 4.37. The van der Waals surface area contributed by atoms with Crippen LogP contribution >= 0.6 is 0 Å². The Morgan fingerprint density at radius 1 is 1.18 bits per heavy atom. The number of aromatic nitrogens is 2. The number of pyridine rings is 2. The van der Waals surface area contributed by atoms with Crippen molar-refractivity contribution in [3.05, 3.63) is 35.9 Å². The molecule has 17 heavy (non-hydrogen) atoms. The number of rotatable bonds is 2. The minimum Gasteiger partial charge on any atom is -0.481 e. The predicted molar refractivity (Wildman–Crippen MR) is 63.1 cm³/mol. The molecule has 0 saturated heterocycles. The van der Waals surface area contributed by atoms with Gasteiger partial charge in [-0.15, -0.1) is 0 Å². The van der Waals surface area contributed by atoms with Crippen molar-refractivity contribution in [1.82, 2.24) is 9.97 Å². The Morgan fingerprint density at radius 2 is 1.94 bits per heavy atom. The van der Waals surface area contributed by atoms with E-state index in [1.54, 1.807) is 12.3 Å². The SMILES string of the molecule is COc1cc(-c2cc(F)cnc2N)c(C)cn1. The molecule has 2 aromatic rings. The summed E-state index contributed by atoms with van der Waals surface area (Å²) < 4.78 is 18.2. The lowest BCUT2D eigenvalue weighted by atomic mass is 10.0. The molecule has 0 aliphatic rings. The number of nitrogens with two attached hydrogens (primary N) is 1. The summed E-state index contributed by atoms with van der Waals surface area (Å²) in [7, 11) is 1.52. The minimum absolute atomic E-state index is 0.280. The first-order valence-corrected chi connectivity index (χ1v) is 5.04. The monoisotopic (exact) mass is 233 g/mol. The van der Waals surface area contributed by atoms with E-state index >= 15 is 0 Å². The number of nitrogens with zero attached hydrogens (tertiary/aromatic N) is 2. The number of methoxy groups -OCH3 is 1. The number of nitrogen functional groups attached to an aromatic ring is 1. The summed E-state index contributed by atoms with van der Waals surface area (Å²) in [6.07, 6.45) is 2.74. The quantitative estimate of drug-likeness (QED) is 0.863. The molecule has 0 aliphatic carbocycles. The Kier molecular flexibility index (Phi) is 2.91. The average Bonchev–Trinajstić information content (AvgIpc) is 2.33. The zero-order valence-corrected chi connectivity index (χ0v) is 9.57. The fraction of sp³-hybridized carbons (Fsp3) is 0.167. The second-order valence-corrected chi connectivity index (χ2v) is 3.63. The zero-order chi connectivity index (χ0) is 12.4. The van der Waals surface area contributed by atoms with E-state index in [9.17, 15) is 4.39 Å². The number of hydrogen-bond acceptors (Lipinski definition) is 4. The maximum Gasteiger partial charge on any atom is 0.213 e. The van der Waals surface area contributed by atoms with E-state index in [-0.39, 0.29) is 5.82 Å². The second-order valence-electron chi connectivity index (χ2n) is 3.63. The van der Waals surface area contributed by atoms with Gasteiger partial charge in [0.15, 0.2) is 0 Å². The molecule has 0 atom stereocenters. The van der Waals surface area contributed by atoms with Gasteiger partial charge in [-0.05, 0) is 24.1 Å². The Hall–Kier alpha value is -2.17. The van der Waals surface area contributed by atoms with E-state index in [1.165, 1.54) is 13.2 Å². The normalized spacial score (nSPS) is 10.3. The van der Waals surface area contributed by atoms with Gasteiger partial charge in [0.2, 0.25) is 5.88 Å². The summed E-state index contributed by atoms with van der Waals surface area (Å²) in [6, 6.07) is 3.06. The summed E-state index contributed by atoms with van der Waals surface area (Å²) in [5.41, 5.74) is 7.93. The van der Waals surface area contributed by atoms with Gasteiger partial charge in [-0.1, -0.05) is 0 Å². The van der Waals surface area contributed by atoms with Gasteiger partial charge in [0.05, 0.1) is 13.3 Å². The van der Waals surface area contributed by atoms with Crippen LogP contribution in [0.15, 0.2) is 24.5 Å². The highest BCUT2D eigenvalue weighted by molar-refractivity contribution is 5.76. The van der Waals surface area contributed by atoms with E-state index < -0.39 is 5.82 Å². The molecule has 0 aliphatic heterocycles. The topological polar surface area (TPSA) is 61.0 Å². The molecule has 0 unspecified atom stereocenters. The lowest BCUT2D eigenvalue weighted by Gasteiger charge is -2.09. The van der Waals surface area contributed by atoms with Crippen LogP contribution in [-0.2, 0) is 0 Å². The molecule has 0 saturated carbocycles. The molecule has 0 bridgehead atoms. The Bertz CT molecular complexity index is 557. The Labute approximate surface area is 98.3 Å². The van der Waals surface area contributed by atoms with Crippen LogP contribution in [0, 0.1) is 12.7 Å². The Morgan fingerprint density at radius 3 is 2.65 bits per heavy atom. The fourth-order valence-corrected chi connectivity index (χ4v) is 1.57. The van der Waals surface area contributed by atoms with E-state index in [4.69, 9.17) is 10.5 Å². The van der Waals surface area contributed by atoms with Gasteiger partial charge in [-0.3, -0.25) is 0 Å². The molecule has 5 heteroatoms. The van der Waals surface area contributed by atoms with Gasteiger partial charge >= 0.3 is 0 Å². The lowest BCUT2D eigenvalue weighted by Crippen LogP contribution is -1.98. The molecule has 2 rings (SSSR count). The molecule has 0 radical (unpaired) electrons. The maximum absolute atomic E-state index is 13.2. The van der Waals surface area contributed by atoms with Gasteiger partial charge in [0.25, 0.3) is 0 Å². The molecule has 2 N–H and O–H groups in total. The summed E-state index contributed by atoms with van der Waals surface area (Å²) in [5, 5.41) is 0. The summed E-state index contributed by atoms with van der Waals surface area (Å²) in [6.45, 7) is 1.87. The third-order valence-electron chi connectivity index (χ3n) is 2.46. The first-order chi connectivity index (χ1) is 8.11. The molecule has 0 amide bonds. The van der Waals surface area contributed by atoms with Crippen molar-refractivity contribution >= 4 is 5.82 Å². The predicted octanol–water partition coefficient (Wildman–Crippen LogP) is 2.18. The minimum atomic E-state index is -0.427. The third kappa shape index (κ3) is 2.18. The highest BCUT2D eigenvalue weighted by Crippen LogP contribution is 2.29. The maximum atomic E-state index is 13.2. The van der Waals surface area contributed by atoms with Crippen molar-refractivity contribution in [3.63, 3.8) is 0 Å². The first-order valence-electron chi connectivity index (χ1n) is 5.04. The first kappa shape index (κ1) is 11.3. The van der Waals surface area contributed by atoms with Gasteiger partial charge in [-0.2, -0.15) is 0 Å². The standard InChI is InChI=1S/C12H12FN3O/c1-7-5-15-11(17-2)4-9(7)10-3-8(13)6-16-12(10)14/h3-6H,1-2H3,(H2,14,16). The number of hydrogen-bond donors (Lipinski definition) is 1. The van der Waals surface area contributed by atoms with Gasteiger partial charge < -0.3 is 10.5 Å². The van der Waals surface area contributed by atoms with E-state index in [0.29, 0.717) is 11.4 Å². The van der Waals surface area contributed by atoms with Crippen LogP contribution in [0.2, 0.25) is 0 Å². The van der Waals surface area contributed by atoms with Crippen molar-refractivity contribution in [3.8, 4) is 17.0 Å². The van der Waals surface area contributed by atoms with Gasteiger partial charge in [0, 0.05) is 17.8 Å². The molecule has 88 valence electrons. The smallest absolute Gasteiger partial charge is 0.213 e. The van der Waals surface area contributed by atoms with Crippen molar-refractivity contribution in [2.24, 2.45) is 0 Å². The highest BCUT2D eigenvalue weighted by Gasteiger charge is 2.10. The zero-order valence-electron chi connectivity index (χ0n) is 9.57.